The fourth-order valence-corrected chi connectivity index (χ4v) is 4.67. The molecule has 0 spiro atoms. The first-order valence-corrected chi connectivity index (χ1v) is 11.6. The highest BCUT2D eigenvalue weighted by Crippen LogP contribution is 2.26. The van der Waals surface area contributed by atoms with E-state index in [1.807, 2.05) is 30.3 Å². The molecule has 3 aromatic carbocycles. The van der Waals surface area contributed by atoms with Crippen LogP contribution in [0.3, 0.4) is 0 Å². The van der Waals surface area contributed by atoms with E-state index < -0.39 is 10.0 Å². The number of carbonyl (C=O) groups is 1. The van der Waals surface area contributed by atoms with E-state index >= 15 is 0 Å². The van der Waals surface area contributed by atoms with Gasteiger partial charge in [0.1, 0.15) is 0 Å². The van der Waals surface area contributed by atoms with Crippen LogP contribution in [0.5, 0.6) is 0 Å². The van der Waals surface area contributed by atoms with Gasteiger partial charge >= 0.3 is 0 Å². The van der Waals surface area contributed by atoms with Gasteiger partial charge in [0.2, 0.25) is 0 Å². The van der Waals surface area contributed by atoms with Gasteiger partial charge in [0, 0.05) is 22.8 Å². The third-order valence-corrected chi connectivity index (χ3v) is 6.64. The third-order valence-electron chi connectivity index (χ3n) is 3.93. The van der Waals surface area contributed by atoms with Crippen molar-refractivity contribution in [2.75, 3.05) is 17.0 Å². The molecule has 3 rings (SSSR count). The van der Waals surface area contributed by atoms with Crippen LogP contribution in [0.1, 0.15) is 10.4 Å². The van der Waals surface area contributed by atoms with Gasteiger partial charge in [0.15, 0.2) is 0 Å². The van der Waals surface area contributed by atoms with Gasteiger partial charge in [-0.05, 0) is 42.5 Å². The molecule has 150 valence electrons. The van der Waals surface area contributed by atoms with Crippen LogP contribution in [0.25, 0.3) is 0 Å². The Hall–Kier alpha value is -2.48. The highest BCUT2D eigenvalue weighted by molar-refractivity contribution is 7.99. The summed E-state index contributed by atoms with van der Waals surface area (Å²) in [5.74, 6) is 0.469. The maximum absolute atomic E-state index is 12.4. The van der Waals surface area contributed by atoms with Gasteiger partial charge in [-0.25, -0.2) is 8.42 Å². The lowest BCUT2D eigenvalue weighted by Gasteiger charge is -2.11. The maximum Gasteiger partial charge on any atom is 0.261 e. The van der Waals surface area contributed by atoms with Crippen LogP contribution in [-0.4, -0.2) is 26.6 Å². The number of halogens is 1. The summed E-state index contributed by atoms with van der Waals surface area (Å²) in [5.41, 5.74) is 0.578. The minimum absolute atomic E-state index is 0.133. The number of benzene rings is 3. The first-order valence-electron chi connectivity index (χ1n) is 8.79. The van der Waals surface area contributed by atoms with Crippen molar-refractivity contribution in [3.05, 3.63) is 89.4 Å². The quantitative estimate of drug-likeness (QED) is 0.389. The summed E-state index contributed by atoms with van der Waals surface area (Å²) in [7, 11) is -3.75. The number of hydrogen-bond donors (Lipinski definition) is 2. The lowest BCUT2D eigenvalue weighted by atomic mass is 10.2. The molecule has 0 heterocycles. The fraction of sp³-hybridized carbons (Fsp3) is 0.0952. The lowest BCUT2D eigenvalue weighted by molar-refractivity contribution is 0.0956. The van der Waals surface area contributed by atoms with E-state index in [-0.39, 0.29) is 21.5 Å². The van der Waals surface area contributed by atoms with Crippen molar-refractivity contribution in [3.8, 4) is 0 Å². The zero-order valence-corrected chi connectivity index (χ0v) is 17.7. The van der Waals surface area contributed by atoms with Crippen LogP contribution < -0.4 is 10.0 Å². The molecule has 0 bridgehead atoms. The average molecular weight is 447 g/mol. The summed E-state index contributed by atoms with van der Waals surface area (Å²) >= 11 is 7.85. The van der Waals surface area contributed by atoms with Crippen LogP contribution in [0.2, 0.25) is 5.02 Å². The Balaban J connectivity index is 1.58. The summed E-state index contributed by atoms with van der Waals surface area (Å²) in [5, 5.41) is 2.98. The van der Waals surface area contributed by atoms with Crippen molar-refractivity contribution in [3.63, 3.8) is 0 Å². The van der Waals surface area contributed by atoms with Gasteiger partial charge in [-0.15, -0.1) is 11.8 Å². The second kappa shape index (κ2) is 9.82. The molecule has 0 unspecified atom stereocenters. The highest BCUT2D eigenvalue weighted by Gasteiger charge is 2.16. The summed E-state index contributed by atoms with van der Waals surface area (Å²) in [6.07, 6.45) is 0. The van der Waals surface area contributed by atoms with E-state index in [2.05, 4.69) is 10.0 Å². The number of carbonyl (C=O) groups excluding carboxylic acids is 1. The molecule has 0 saturated carbocycles. The number of thioether (sulfide) groups is 1. The SMILES string of the molecule is O=C(NCCSc1ccccc1)c1ccc(NS(=O)(=O)c2ccccc2)c(Cl)c1. The molecular formula is C21H19ClN2O3S2. The van der Waals surface area contributed by atoms with Gasteiger partial charge in [-0.2, -0.15) is 0 Å². The van der Waals surface area contributed by atoms with Crippen molar-refractivity contribution in [1.29, 1.82) is 0 Å². The predicted molar refractivity (Wildman–Crippen MR) is 118 cm³/mol. The number of nitrogens with one attached hydrogen (secondary N) is 2. The molecule has 0 fully saturated rings. The van der Waals surface area contributed by atoms with Crippen LogP contribution in [0, 0.1) is 0 Å². The van der Waals surface area contributed by atoms with Crippen molar-refractivity contribution in [1.82, 2.24) is 5.32 Å². The van der Waals surface area contributed by atoms with E-state index in [0.29, 0.717) is 12.1 Å². The van der Waals surface area contributed by atoms with E-state index in [9.17, 15) is 13.2 Å². The minimum atomic E-state index is -3.75. The summed E-state index contributed by atoms with van der Waals surface area (Å²) in [6.45, 7) is 0.498. The van der Waals surface area contributed by atoms with Gasteiger partial charge < -0.3 is 5.32 Å². The number of rotatable bonds is 8. The number of amides is 1. The second-order valence-electron chi connectivity index (χ2n) is 6.03. The molecule has 0 atom stereocenters. The molecule has 0 aliphatic carbocycles. The smallest absolute Gasteiger partial charge is 0.261 e. The molecule has 5 nitrogen and oxygen atoms in total. The molecule has 3 aromatic rings. The summed E-state index contributed by atoms with van der Waals surface area (Å²) in [4.78, 5) is 13.6. The number of sulfonamides is 1. The van der Waals surface area contributed by atoms with Crippen molar-refractivity contribution >= 4 is 45.0 Å². The van der Waals surface area contributed by atoms with E-state index in [1.165, 1.54) is 30.3 Å². The van der Waals surface area contributed by atoms with Crippen LogP contribution in [-0.2, 0) is 10.0 Å². The Bertz CT molecular complexity index is 1080. The lowest BCUT2D eigenvalue weighted by Crippen LogP contribution is -2.25. The van der Waals surface area contributed by atoms with Crippen LogP contribution >= 0.6 is 23.4 Å². The topological polar surface area (TPSA) is 75.3 Å². The average Bonchev–Trinajstić information content (AvgIpc) is 2.74. The zero-order chi connectivity index (χ0) is 20.7. The Morgan fingerprint density at radius 2 is 1.59 bits per heavy atom. The van der Waals surface area contributed by atoms with Gasteiger partial charge in [0.25, 0.3) is 15.9 Å². The van der Waals surface area contributed by atoms with E-state index in [0.717, 1.165) is 10.6 Å². The molecule has 0 radical (unpaired) electrons. The van der Waals surface area contributed by atoms with Crippen LogP contribution in [0.15, 0.2) is 88.7 Å². The molecule has 0 saturated heterocycles. The summed E-state index contributed by atoms with van der Waals surface area (Å²) in [6, 6.07) is 22.4. The molecule has 0 aliphatic heterocycles. The standard InChI is InChI=1S/C21H19ClN2O3S2/c22-19-15-16(21(25)23-13-14-28-17-7-3-1-4-8-17)11-12-20(19)24-29(26,27)18-9-5-2-6-10-18/h1-12,15,24H,13-14H2,(H,23,25). The first kappa shape index (κ1) is 21.2. The van der Waals surface area contributed by atoms with Crippen molar-refractivity contribution in [2.24, 2.45) is 0 Å². The fourth-order valence-electron chi connectivity index (χ4n) is 2.49. The third kappa shape index (κ3) is 6.00. The second-order valence-corrected chi connectivity index (χ2v) is 9.29. The molecule has 0 aliphatic rings. The predicted octanol–water partition coefficient (Wildman–Crippen LogP) is 4.66. The first-order chi connectivity index (χ1) is 14.0. The molecule has 29 heavy (non-hydrogen) atoms. The van der Waals surface area contributed by atoms with Gasteiger partial charge in [0.05, 0.1) is 15.6 Å². The van der Waals surface area contributed by atoms with Crippen molar-refractivity contribution < 1.29 is 13.2 Å². The monoisotopic (exact) mass is 446 g/mol. The van der Waals surface area contributed by atoms with Gasteiger partial charge in [-0.3, -0.25) is 9.52 Å². The Morgan fingerprint density at radius 1 is 0.931 bits per heavy atom. The molecular weight excluding hydrogens is 428 g/mol. The number of hydrogen-bond acceptors (Lipinski definition) is 4. The molecule has 1 amide bonds. The number of anilines is 1. The van der Waals surface area contributed by atoms with Crippen molar-refractivity contribution in [2.45, 2.75) is 9.79 Å². The zero-order valence-electron chi connectivity index (χ0n) is 15.3. The molecule has 0 aromatic heterocycles. The van der Waals surface area contributed by atoms with Crippen LogP contribution in [0.4, 0.5) is 5.69 Å². The van der Waals surface area contributed by atoms with E-state index in [4.69, 9.17) is 11.6 Å². The Labute approximate surface area is 179 Å². The Kier molecular flexibility index (Phi) is 7.19. The summed E-state index contributed by atoms with van der Waals surface area (Å²) < 4.78 is 27.3. The largest absolute Gasteiger partial charge is 0.351 e. The molecule has 2 N–H and O–H groups in total. The maximum atomic E-state index is 12.4. The minimum Gasteiger partial charge on any atom is -0.351 e. The molecule has 8 heteroatoms. The van der Waals surface area contributed by atoms with E-state index in [1.54, 1.807) is 30.0 Å². The van der Waals surface area contributed by atoms with Gasteiger partial charge in [-0.1, -0.05) is 48.0 Å². The normalized spacial score (nSPS) is 11.1. The highest BCUT2D eigenvalue weighted by atomic mass is 35.5. The Morgan fingerprint density at radius 3 is 2.24 bits per heavy atom.